The van der Waals surface area contributed by atoms with Gasteiger partial charge in [-0.3, -0.25) is 0 Å². The van der Waals surface area contributed by atoms with E-state index in [1.54, 1.807) is 14.2 Å². The molecule has 0 bridgehead atoms. The van der Waals surface area contributed by atoms with E-state index in [9.17, 15) is 0 Å². The molecule has 2 heterocycles. The molecular formula is C20H21N3O2. The summed E-state index contributed by atoms with van der Waals surface area (Å²) in [7, 11) is 3.33. The highest BCUT2D eigenvalue weighted by molar-refractivity contribution is 5.79. The Bertz CT molecular complexity index is 946. The first kappa shape index (κ1) is 15.6. The molecule has 0 aliphatic carbocycles. The Morgan fingerprint density at radius 3 is 2.60 bits per heavy atom. The molecule has 1 atom stereocenters. The van der Waals surface area contributed by atoms with Crippen molar-refractivity contribution in [2.45, 2.75) is 20.0 Å². The van der Waals surface area contributed by atoms with Crippen molar-refractivity contribution in [3.8, 4) is 22.8 Å². The zero-order valence-electron chi connectivity index (χ0n) is 14.8. The molecule has 4 rings (SSSR count). The Balaban J connectivity index is 1.89. The average molecular weight is 335 g/mol. The van der Waals surface area contributed by atoms with Crippen LogP contribution in [0.4, 0.5) is 5.69 Å². The molecular weight excluding hydrogens is 314 g/mol. The van der Waals surface area contributed by atoms with Gasteiger partial charge in [-0.15, -0.1) is 0 Å². The minimum atomic E-state index is -0.139. The fourth-order valence-electron chi connectivity index (χ4n) is 3.37. The number of hydrogen-bond donors (Lipinski definition) is 1. The predicted octanol–water partition coefficient (Wildman–Crippen LogP) is 4.16. The zero-order chi connectivity index (χ0) is 17.6. The van der Waals surface area contributed by atoms with Gasteiger partial charge in [0.05, 0.1) is 25.6 Å². The van der Waals surface area contributed by atoms with Crippen LogP contribution in [-0.2, 0) is 0 Å². The molecule has 0 radical (unpaired) electrons. The second-order valence-corrected chi connectivity index (χ2v) is 6.32. The fourth-order valence-corrected chi connectivity index (χ4v) is 3.37. The van der Waals surface area contributed by atoms with Crippen molar-refractivity contribution >= 4 is 5.69 Å². The lowest BCUT2D eigenvalue weighted by molar-refractivity contribution is 0.386. The van der Waals surface area contributed by atoms with Gasteiger partial charge in [-0.1, -0.05) is 11.6 Å². The van der Waals surface area contributed by atoms with E-state index in [1.807, 2.05) is 29.8 Å². The molecule has 0 fully saturated rings. The summed E-state index contributed by atoms with van der Waals surface area (Å²) in [6, 6.07) is 14.4. The number of fused-ring (bicyclic) bond motifs is 3. The summed E-state index contributed by atoms with van der Waals surface area (Å²) >= 11 is 0. The highest BCUT2D eigenvalue weighted by Gasteiger charge is 2.28. The van der Waals surface area contributed by atoms with Crippen LogP contribution in [0.1, 0.15) is 23.0 Å². The molecule has 3 aromatic rings. The predicted molar refractivity (Wildman–Crippen MR) is 98.4 cm³/mol. The second kappa shape index (κ2) is 5.84. The van der Waals surface area contributed by atoms with Crippen LogP contribution in [0.3, 0.4) is 0 Å². The van der Waals surface area contributed by atoms with Crippen molar-refractivity contribution in [2.75, 3.05) is 19.5 Å². The smallest absolute Gasteiger partial charge is 0.150 e. The lowest BCUT2D eigenvalue weighted by Gasteiger charge is -2.30. The van der Waals surface area contributed by atoms with Gasteiger partial charge in [-0.2, -0.15) is 5.10 Å². The molecule has 128 valence electrons. The van der Waals surface area contributed by atoms with Crippen molar-refractivity contribution in [3.63, 3.8) is 0 Å². The summed E-state index contributed by atoms with van der Waals surface area (Å²) in [5, 5.41) is 8.32. The van der Waals surface area contributed by atoms with E-state index in [4.69, 9.17) is 14.6 Å². The molecule has 1 aromatic heterocycles. The summed E-state index contributed by atoms with van der Waals surface area (Å²) < 4.78 is 13.0. The number of aryl methyl sites for hydroxylation is 2. The first-order chi connectivity index (χ1) is 12.1. The van der Waals surface area contributed by atoms with E-state index >= 15 is 0 Å². The van der Waals surface area contributed by atoms with Gasteiger partial charge in [0, 0.05) is 22.9 Å². The molecule has 5 heteroatoms. The van der Waals surface area contributed by atoms with Crippen LogP contribution in [0.5, 0.6) is 11.5 Å². The van der Waals surface area contributed by atoms with Gasteiger partial charge in [-0.05, 0) is 44.2 Å². The van der Waals surface area contributed by atoms with Gasteiger partial charge in [0.2, 0.25) is 0 Å². The maximum atomic E-state index is 5.61. The first-order valence-corrected chi connectivity index (χ1v) is 8.26. The topological polar surface area (TPSA) is 48.3 Å². The standard InChI is InChI=1S/C20H21N3O2/c1-12-5-8-17-16(9-12)18-10-13(2)22-23(18)20(21-17)15-7-6-14(24-3)11-19(15)25-4/h5-11,20-21H,1-4H3/t20-/m1/s1. The minimum Gasteiger partial charge on any atom is -0.497 e. The van der Waals surface area contributed by atoms with E-state index in [-0.39, 0.29) is 6.17 Å². The number of ether oxygens (including phenoxy) is 2. The van der Waals surface area contributed by atoms with Gasteiger partial charge in [0.15, 0.2) is 6.17 Å². The minimum absolute atomic E-state index is 0.139. The monoisotopic (exact) mass is 335 g/mol. The van der Waals surface area contributed by atoms with Crippen LogP contribution in [-0.4, -0.2) is 24.0 Å². The first-order valence-electron chi connectivity index (χ1n) is 8.26. The van der Waals surface area contributed by atoms with Gasteiger partial charge < -0.3 is 14.8 Å². The molecule has 0 saturated carbocycles. The largest absolute Gasteiger partial charge is 0.497 e. The highest BCUT2D eigenvalue weighted by atomic mass is 16.5. The molecule has 0 saturated heterocycles. The van der Waals surface area contributed by atoms with Crippen LogP contribution < -0.4 is 14.8 Å². The third kappa shape index (κ3) is 2.52. The number of benzene rings is 2. The number of rotatable bonds is 3. The Kier molecular flexibility index (Phi) is 3.64. The summed E-state index contributed by atoms with van der Waals surface area (Å²) in [4.78, 5) is 0. The maximum absolute atomic E-state index is 5.61. The number of hydrogen-bond acceptors (Lipinski definition) is 4. The Morgan fingerprint density at radius 1 is 1.00 bits per heavy atom. The third-order valence-electron chi connectivity index (χ3n) is 4.58. The zero-order valence-corrected chi connectivity index (χ0v) is 14.8. The quantitative estimate of drug-likeness (QED) is 0.781. The molecule has 2 aromatic carbocycles. The van der Waals surface area contributed by atoms with Crippen molar-refractivity contribution in [2.24, 2.45) is 0 Å². The summed E-state index contributed by atoms with van der Waals surface area (Å²) in [5.74, 6) is 1.54. The number of methoxy groups -OCH3 is 2. The van der Waals surface area contributed by atoms with Crippen LogP contribution >= 0.6 is 0 Å². The molecule has 25 heavy (non-hydrogen) atoms. The molecule has 0 amide bonds. The summed E-state index contributed by atoms with van der Waals surface area (Å²) in [6.45, 7) is 4.12. The molecule has 5 nitrogen and oxygen atoms in total. The Hall–Kier alpha value is -2.95. The van der Waals surface area contributed by atoms with Crippen molar-refractivity contribution in [1.29, 1.82) is 0 Å². The molecule has 0 spiro atoms. The lowest BCUT2D eigenvalue weighted by atomic mass is 10.0. The van der Waals surface area contributed by atoms with Crippen LogP contribution in [0.25, 0.3) is 11.3 Å². The summed E-state index contributed by atoms with van der Waals surface area (Å²) in [6.07, 6.45) is -0.139. The van der Waals surface area contributed by atoms with E-state index in [1.165, 1.54) is 11.1 Å². The highest BCUT2D eigenvalue weighted by Crippen LogP contribution is 2.41. The third-order valence-corrected chi connectivity index (χ3v) is 4.58. The van der Waals surface area contributed by atoms with E-state index < -0.39 is 0 Å². The fraction of sp³-hybridized carbons (Fsp3) is 0.250. The SMILES string of the molecule is COc1ccc([C@@H]2Nc3ccc(C)cc3-c3cc(C)nn32)c(OC)c1. The second-order valence-electron chi connectivity index (χ2n) is 6.32. The maximum Gasteiger partial charge on any atom is 0.150 e. The van der Waals surface area contributed by atoms with Crippen molar-refractivity contribution in [3.05, 3.63) is 59.3 Å². The molecule has 1 N–H and O–H groups in total. The van der Waals surface area contributed by atoms with Gasteiger partial charge in [-0.25, -0.2) is 4.68 Å². The number of anilines is 1. The lowest BCUT2D eigenvalue weighted by Crippen LogP contribution is -2.26. The van der Waals surface area contributed by atoms with Crippen molar-refractivity contribution in [1.82, 2.24) is 9.78 Å². The van der Waals surface area contributed by atoms with E-state index in [0.29, 0.717) is 0 Å². The molecule has 1 aliphatic heterocycles. The van der Waals surface area contributed by atoms with Gasteiger partial charge in [0.1, 0.15) is 11.5 Å². The van der Waals surface area contributed by atoms with Crippen molar-refractivity contribution < 1.29 is 9.47 Å². The summed E-state index contributed by atoms with van der Waals surface area (Å²) in [5.41, 5.74) is 6.61. The van der Waals surface area contributed by atoms with Crippen LogP contribution in [0.2, 0.25) is 0 Å². The van der Waals surface area contributed by atoms with E-state index in [0.717, 1.165) is 34.1 Å². The Morgan fingerprint density at radius 2 is 1.84 bits per heavy atom. The average Bonchev–Trinajstić information content (AvgIpc) is 3.02. The van der Waals surface area contributed by atoms with Crippen LogP contribution in [0.15, 0.2) is 42.5 Å². The molecule has 0 unspecified atom stereocenters. The van der Waals surface area contributed by atoms with Gasteiger partial charge >= 0.3 is 0 Å². The molecule has 1 aliphatic rings. The normalized spacial score (nSPS) is 15.1. The van der Waals surface area contributed by atoms with Gasteiger partial charge in [0.25, 0.3) is 0 Å². The van der Waals surface area contributed by atoms with E-state index in [2.05, 4.69) is 36.5 Å². The number of nitrogens with one attached hydrogen (secondary N) is 1. The Labute approximate surface area is 147 Å². The van der Waals surface area contributed by atoms with Crippen LogP contribution in [0, 0.1) is 13.8 Å². The number of aromatic nitrogens is 2. The number of nitrogens with zero attached hydrogens (tertiary/aromatic N) is 2.